The van der Waals surface area contributed by atoms with E-state index >= 15 is 0 Å². The van der Waals surface area contributed by atoms with E-state index in [0.717, 1.165) is 17.0 Å². The summed E-state index contributed by atoms with van der Waals surface area (Å²) >= 11 is 0. The molecular formula is C15H17N7O. The van der Waals surface area contributed by atoms with Gasteiger partial charge in [-0.2, -0.15) is 5.21 Å². The third-order valence-electron chi connectivity index (χ3n) is 3.66. The van der Waals surface area contributed by atoms with Crippen molar-refractivity contribution in [3.8, 4) is 11.4 Å². The number of carbonyl (C=O) groups is 1. The van der Waals surface area contributed by atoms with Crippen LogP contribution in [0.5, 0.6) is 0 Å². The van der Waals surface area contributed by atoms with Crippen LogP contribution in [0.1, 0.15) is 24.4 Å². The summed E-state index contributed by atoms with van der Waals surface area (Å²) in [5.74, 6) is 1.28. The van der Waals surface area contributed by atoms with Crippen LogP contribution in [0.25, 0.3) is 11.4 Å². The summed E-state index contributed by atoms with van der Waals surface area (Å²) in [4.78, 5) is 16.4. The van der Waals surface area contributed by atoms with E-state index in [1.165, 1.54) is 0 Å². The van der Waals surface area contributed by atoms with Gasteiger partial charge in [0.25, 0.3) is 0 Å². The van der Waals surface area contributed by atoms with Crippen molar-refractivity contribution in [1.29, 1.82) is 0 Å². The molecule has 23 heavy (non-hydrogen) atoms. The fourth-order valence-corrected chi connectivity index (χ4v) is 2.36. The molecule has 118 valence electrons. The lowest BCUT2D eigenvalue weighted by Gasteiger charge is -2.15. The minimum atomic E-state index is -0.308. The summed E-state index contributed by atoms with van der Waals surface area (Å²) in [6.07, 6.45) is 3.49. The fourth-order valence-electron chi connectivity index (χ4n) is 2.36. The van der Waals surface area contributed by atoms with Gasteiger partial charge in [-0.15, -0.1) is 10.2 Å². The van der Waals surface area contributed by atoms with Gasteiger partial charge in [-0.1, -0.05) is 18.2 Å². The highest BCUT2D eigenvalue weighted by Crippen LogP contribution is 2.15. The first-order valence-electron chi connectivity index (χ1n) is 7.25. The Bertz CT molecular complexity index is 794. The molecule has 8 heteroatoms. The number of benzene rings is 1. The smallest absolute Gasteiger partial charge is 0.243 e. The van der Waals surface area contributed by atoms with Crippen LogP contribution >= 0.6 is 0 Å². The van der Waals surface area contributed by atoms with Crippen LogP contribution in [0.4, 0.5) is 0 Å². The minimum Gasteiger partial charge on any atom is -0.350 e. The number of hydrogen-bond donors (Lipinski definition) is 2. The number of nitrogens with one attached hydrogen (secondary N) is 2. The number of H-pyrrole nitrogens is 1. The van der Waals surface area contributed by atoms with Gasteiger partial charge in [-0.25, -0.2) is 4.98 Å². The number of tetrazole rings is 1. The molecule has 1 amide bonds. The number of hydrogen-bond acceptors (Lipinski definition) is 5. The first-order valence-corrected chi connectivity index (χ1v) is 7.25. The largest absolute Gasteiger partial charge is 0.350 e. The van der Waals surface area contributed by atoms with E-state index in [4.69, 9.17) is 0 Å². The second kappa shape index (κ2) is 6.39. The van der Waals surface area contributed by atoms with Crippen LogP contribution in [-0.2, 0) is 11.3 Å². The molecule has 0 saturated carbocycles. The first kappa shape index (κ1) is 14.9. The average molecular weight is 311 g/mol. The summed E-state index contributed by atoms with van der Waals surface area (Å²) in [5, 5.41) is 16.8. The van der Waals surface area contributed by atoms with Gasteiger partial charge < -0.3 is 9.88 Å². The molecular weight excluding hydrogens is 294 g/mol. The normalized spacial score (nSPS) is 12.1. The van der Waals surface area contributed by atoms with Crippen molar-refractivity contribution >= 4 is 5.91 Å². The van der Waals surface area contributed by atoms with Crippen molar-refractivity contribution in [3.05, 3.63) is 48.0 Å². The van der Waals surface area contributed by atoms with Crippen molar-refractivity contribution in [3.63, 3.8) is 0 Å². The number of aryl methyl sites for hydroxylation is 1. The van der Waals surface area contributed by atoms with Gasteiger partial charge >= 0.3 is 0 Å². The SMILES string of the molecule is Cc1nccn1C(C)C(=O)NCc1cccc(-c2nn[nH]n2)c1. The van der Waals surface area contributed by atoms with E-state index in [1.54, 1.807) is 12.4 Å². The molecule has 0 bridgehead atoms. The van der Waals surface area contributed by atoms with Gasteiger partial charge in [0.05, 0.1) is 0 Å². The van der Waals surface area contributed by atoms with E-state index in [2.05, 4.69) is 30.9 Å². The number of aromatic amines is 1. The lowest BCUT2D eigenvalue weighted by atomic mass is 10.1. The maximum atomic E-state index is 12.3. The lowest BCUT2D eigenvalue weighted by molar-refractivity contribution is -0.124. The second-order valence-corrected chi connectivity index (χ2v) is 5.21. The third kappa shape index (κ3) is 3.25. The number of carbonyl (C=O) groups excluding carboxylic acids is 1. The first-order chi connectivity index (χ1) is 11.1. The Kier molecular flexibility index (Phi) is 4.13. The summed E-state index contributed by atoms with van der Waals surface area (Å²) in [6.45, 7) is 4.15. The Morgan fingerprint density at radius 2 is 2.30 bits per heavy atom. The van der Waals surface area contributed by atoms with Gasteiger partial charge in [0, 0.05) is 24.5 Å². The van der Waals surface area contributed by atoms with E-state index in [1.807, 2.05) is 42.7 Å². The molecule has 0 aliphatic rings. The van der Waals surface area contributed by atoms with Crippen molar-refractivity contribution < 1.29 is 4.79 Å². The number of aromatic nitrogens is 6. The fraction of sp³-hybridized carbons (Fsp3) is 0.267. The Morgan fingerprint density at radius 1 is 1.43 bits per heavy atom. The zero-order valence-corrected chi connectivity index (χ0v) is 12.9. The van der Waals surface area contributed by atoms with Gasteiger partial charge in [0.1, 0.15) is 11.9 Å². The van der Waals surface area contributed by atoms with Crippen molar-refractivity contribution in [2.45, 2.75) is 26.4 Å². The molecule has 3 rings (SSSR count). The molecule has 2 N–H and O–H groups in total. The Morgan fingerprint density at radius 3 is 3.00 bits per heavy atom. The zero-order valence-electron chi connectivity index (χ0n) is 12.9. The number of rotatable bonds is 5. The summed E-state index contributed by atoms with van der Waals surface area (Å²) < 4.78 is 1.84. The Labute approximate surface area is 132 Å². The number of nitrogens with zero attached hydrogens (tertiary/aromatic N) is 5. The van der Waals surface area contributed by atoms with Crippen molar-refractivity contribution in [2.75, 3.05) is 0 Å². The quantitative estimate of drug-likeness (QED) is 0.738. The van der Waals surface area contributed by atoms with Gasteiger partial charge in [0.2, 0.25) is 11.7 Å². The van der Waals surface area contributed by atoms with E-state index in [0.29, 0.717) is 12.4 Å². The number of amides is 1. The predicted molar refractivity (Wildman–Crippen MR) is 83.1 cm³/mol. The van der Waals surface area contributed by atoms with E-state index in [9.17, 15) is 4.79 Å². The molecule has 0 fully saturated rings. The highest BCUT2D eigenvalue weighted by molar-refractivity contribution is 5.80. The van der Waals surface area contributed by atoms with Crippen LogP contribution < -0.4 is 5.32 Å². The standard InChI is InChI=1S/C15H17N7O/c1-10(22-7-6-16-11(22)2)15(23)17-9-12-4-3-5-13(8-12)14-18-20-21-19-14/h3-8,10H,9H2,1-2H3,(H,17,23)(H,18,19,20,21). The molecule has 0 aliphatic heterocycles. The predicted octanol–water partition coefficient (Wildman–Crippen LogP) is 1.25. The number of imidazole rings is 1. The van der Waals surface area contributed by atoms with E-state index in [-0.39, 0.29) is 11.9 Å². The summed E-state index contributed by atoms with van der Waals surface area (Å²) in [5.41, 5.74) is 1.82. The molecule has 0 saturated heterocycles. The molecule has 1 atom stereocenters. The van der Waals surface area contributed by atoms with Gasteiger partial charge in [-0.05, 0) is 30.7 Å². The molecule has 1 unspecified atom stereocenters. The van der Waals surface area contributed by atoms with Crippen LogP contribution in [0, 0.1) is 6.92 Å². The van der Waals surface area contributed by atoms with Crippen molar-refractivity contribution in [2.24, 2.45) is 0 Å². The van der Waals surface area contributed by atoms with Crippen LogP contribution in [0.3, 0.4) is 0 Å². The van der Waals surface area contributed by atoms with Gasteiger partial charge in [0.15, 0.2) is 0 Å². The molecule has 2 aromatic heterocycles. The Balaban J connectivity index is 1.65. The molecule has 0 aliphatic carbocycles. The summed E-state index contributed by atoms with van der Waals surface area (Å²) in [7, 11) is 0. The molecule has 0 spiro atoms. The molecule has 3 aromatic rings. The zero-order chi connectivity index (χ0) is 16.2. The van der Waals surface area contributed by atoms with Gasteiger partial charge in [-0.3, -0.25) is 4.79 Å². The molecule has 8 nitrogen and oxygen atoms in total. The maximum absolute atomic E-state index is 12.3. The minimum absolute atomic E-state index is 0.0592. The molecule has 1 aromatic carbocycles. The summed E-state index contributed by atoms with van der Waals surface area (Å²) in [6, 6.07) is 7.36. The van der Waals surface area contributed by atoms with Crippen molar-refractivity contribution in [1.82, 2.24) is 35.5 Å². The average Bonchev–Trinajstić information content (AvgIpc) is 3.23. The monoisotopic (exact) mass is 311 g/mol. The van der Waals surface area contributed by atoms with Crippen LogP contribution in [0.15, 0.2) is 36.7 Å². The topological polar surface area (TPSA) is 101 Å². The van der Waals surface area contributed by atoms with E-state index < -0.39 is 0 Å². The third-order valence-corrected chi connectivity index (χ3v) is 3.66. The highest BCUT2D eigenvalue weighted by Gasteiger charge is 2.15. The highest BCUT2D eigenvalue weighted by atomic mass is 16.2. The molecule has 0 radical (unpaired) electrons. The Hall–Kier alpha value is -3.03. The van der Waals surface area contributed by atoms with Crippen LogP contribution in [-0.4, -0.2) is 36.1 Å². The molecule has 2 heterocycles. The maximum Gasteiger partial charge on any atom is 0.243 e. The second-order valence-electron chi connectivity index (χ2n) is 5.21. The van der Waals surface area contributed by atoms with Crippen LogP contribution in [0.2, 0.25) is 0 Å². The lowest BCUT2D eigenvalue weighted by Crippen LogP contribution is -2.30.